The van der Waals surface area contributed by atoms with Crippen LogP contribution in [0.4, 0.5) is 5.13 Å². The van der Waals surface area contributed by atoms with E-state index >= 15 is 0 Å². The predicted octanol–water partition coefficient (Wildman–Crippen LogP) is 4.24. The number of anilines is 1. The van der Waals surface area contributed by atoms with Gasteiger partial charge in [0.15, 0.2) is 10.8 Å². The lowest BCUT2D eigenvalue weighted by Crippen LogP contribution is -2.11. The zero-order chi connectivity index (χ0) is 16.5. The van der Waals surface area contributed by atoms with Crippen LogP contribution >= 0.6 is 22.9 Å². The number of nitrogens with one attached hydrogen (secondary N) is 2. The molecule has 7 heteroatoms. The number of benzene rings is 1. The standard InChI is InChI=1S/C17H15ClN4OS/c18-13-4-2-1-3-11(13)7-12-9-19-17(24-12)20-16(23)15-8-14(21-22-15)10-5-6-10/h1-4,8-10H,5-7H2,(H,21,22)(H,19,20,23). The van der Waals surface area contributed by atoms with Gasteiger partial charge in [-0.3, -0.25) is 15.2 Å². The SMILES string of the molecule is O=C(Nc1ncc(Cc2ccccc2Cl)s1)c1cc(C2CC2)[nH]n1. The summed E-state index contributed by atoms with van der Waals surface area (Å²) in [7, 11) is 0. The van der Waals surface area contributed by atoms with Gasteiger partial charge in [0.25, 0.3) is 5.91 Å². The Morgan fingerprint density at radius 2 is 2.21 bits per heavy atom. The molecule has 2 aromatic heterocycles. The number of thiazole rings is 1. The second kappa shape index (κ2) is 6.37. The summed E-state index contributed by atoms with van der Waals surface area (Å²) in [4.78, 5) is 17.6. The number of nitrogens with zero attached hydrogens (tertiary/aromatic N) is 2. The molecule has 1 aliphatic rings. The van der Waals surface area contributed by atoms with Crippen molar-refractivity contribution in [3.63, 3.8) is 0 Å². The number of hydrogen-bond acceptors (Lipinski definition) is 4. The number of hydrogen-bond donors (Lipinski definition) is 2. The molecule has 0 saturated heterocycles. The average molecular weight is 359 g/mol. The van der Waals surface area contributed by atoms with Crippen molar-refractivity contribution in [1.29, 1.82) is 0 Å². The van der Waals surface area contributed by atoms with Gasteiger partial charge in [-0.25, -0.2) is 4.98 Å². The molecule has 0 radical (unpaired) electrons. The zero-order valence-corrected chi connectivity index (χ0v) is 14.3. The minimum absolute atomic E-state index is 0.239. The maximum Gasteiger partial charge on any atom is 0.277 e. The Kier molecular flexibility index (Phi) is 4.08. The van der Waals surface area contributed by atoms with Crippen LogP contribution in [0.5, 0.6) is 0 Å². The molecule has 3 aromatic rings. The fourth-order valence-electron chi connectivity index (χ4n) is 2.49. The highest BCUT2D eigenvalue weighted by Crippen LogP contribution is 2.39. The molecule has 5 nitrogen and oxygen atoms in total. The molecule has 0 bridgehead atoms. The van der Waals surface area contributed by atoms with E-state index in [1.807, 2.05) is 30.3 Å². The lowest BCUT2D eigenvalue weighted by atomic mass is 10.1. The summed E-state index contributed by atoms with van der Waals surface area (Å²) in [6.07, 6.45) is 4.80. The van der Waals surface area contributed by atoms with Crippen LogP contribution in [-0.4, -0.2) is 21.1 Å². The molecular weight excluding hydrogens is 344 g/mol. The van der Waals surface area contributed by atoms with E-state index < -0.39 is 0 Å². The number of carbonyl (C=O) groups is 1. The lowest BCUT2D eigenvalue weighted by Gasteiger charge is -2.00. The molecule has 0 unspecified atom stereocenters. The van der Waals surface area contributed by atoms with Gasteiger partial charge in [-0.05, 0) is 30.5 Å². The van der Waals surface area contributed by atoms with Gasteiger partial charge < -0.3 is 0 Å². The summed E-state index contributed by atoms with van der Waals surface area (Å²) in [6.45, 7) is 0. The Hall–Kier alpha value is -2.18. The Balaban J connectivity index is 1.42. The van der Waals surface area contributed by atoms with Gasteiger partial charge in [0.2, 0.25) is 0 Å². The minimum Gasteiger partial charge on any atom is -0.296 e. The number of aromatic nitrogens is 3. The van der Waals surface area contributed by atoms with Crippen molar-refractivity contribution in [2.75, 3.05) is 5.32 Å². The zero-order valence-electron chi connectivity index (χ0n) is 12.8. The molecule has 2 N–H and O–H groups in total. The van der Waals surface area contributed by atoms with Crippen molar-refractivity contribution < 1.29 is 4.79 Å². The highest BCUT2D eigenvalue weighted by molar-refractivity contribution is 7.15. The van der Waals surface area contributed by atoms with Gasteiger partial charge in [0.1, 0.15) is 0 Å². The Morgan fingerprint density at radius 3 is 3.00 bits per heavy atom. The smallest absolute Gasteiger partial charge is 0.277 e. The summed E-state index contributed by atoms with van der Waals surface area (Å²) in [5.74, 6) is 0.304. The molecule has 2 heterocycles. The van der Waals surface area contributed by atoms with E-state index in [4.69, 9.17) is 11.6 Å². The van der Waals surface area contributed by atoms with E-state index in [2.05, 4.69) is 20.5 Å². The third kappa shape index (κ3) is 3.34. The van der Waals surface area contributed by atoms with Gasteiger partial charge in [-0.2, -0.15) is 5.10 Å². The molecule has 122 valence electrons. The molecule has 0 atom stereocenters. The van der Waals surface area contributed by atoms with Gasteiger partial charge in [0, 0.05) is 34.1 Å². The van der Waals surface area contributed by atoms with E-state index in [9.17, 15) is 4.79 Å². The van der Waals surface area contributed by atoms with Gasteiger partial charge >= 0.3 is 0 Å². The minimum atomic E-state index is -0.239. The molecular formula is C17H15ClN4OS. The van der Waals surface area contributed by atoms with Crippen LogP contribution in [0.15, 0.2) is 36.5 Å². The predicted molar refractivity (Wildman–Crippen MR) is 94.9 cm³/mol. The Morgan fingerprint density at radius 1 is 1.38 bits per heavy atom. The lowest BCUT2D eigenvalue weighted by molar-refractivity contribution is 0.102. The second-order valence-corrected chi connectivity index (χ2v) is 7.36. The maximum absolute atomic E-state index is 12.2. The second-order valence-electron chi connectivity index (χ2n) is 5.84. The molecule has 4 rings (SSSR count). The largest absolute Gasteiger partial charge is 0.296 e. The highest BCUT2D eigenvalue weighted by Gasteiger charge is 2.26. The number of carbonyl (C=O) groups excluding carboxylic acids is 1. The molecule has 1 saturated carbocycles. The third-order valence-corrected chi connectivity index (χ3v) is 5.23. The van der Waals surface area contributed by atoms with Crippen LogP contribution in [0.25, 0.3) is 0 Å². The van der Waals surface area contributed by atoms with Crippen LogP contribution in [0.3, 0.4) is 0 Å². The van der Waals surface area contributed by atoms with Gasteiger partial charge in [-0.15, -0.1) is 11.3 Å². The van der Waals surface area contributed by atoms with Crippen molar-refractivity contribution in [1.82, 2.24) is 15.2 Å². The van der Waals surface area contributed by atoms with Crippen molar-refractivity contribution >= 4 is 34.0 Å². The first kappa shape index (κ1) is 15.4. The van der Waals surface area contributed by atoms with Crippen LogP contribution < -0.4 is 5.32 Å². The molecule has 1 fully saturated rings. The molecule has 24 heavy (non-hydrogen) atoms. The summed E-state index contributed by atoms with van der Waals surface area (Å²) < 4.78 is 0. The van der Waals surface area contributed by atoms with Crippen molar-refractivity contribution in [2.24, 2.45) is 0 Å². The number of rotatable bonds is 5. The van der Waals surface area contributed by atoms with E-state index in [1.165, 1.54) is 24.2 Å². The molecule has 1 amide bonds. The molecule has 1 aliphatic carbocycles. The fraction of sp³-hybridized carbons (Fsp3) is 0.235. The van der Waals surface area contributed by atoms with Crippen molar-refractivity contribution in [3.8, 4) is 0 Å². The fourth-order valence-corrected chi connectivity index (χ4v) is 3.53. The third-order valence-electron chi connectivity index (χ3n) is 3.94. The first-order valence-electron chi connectivity index (χ1n) is 7.74. The van der Waals surface area contributed by atoms with Gasteiger partial charge in [-0.1, -0.05) is 29.8 Å². The van der Waals surface area contributed by atoms with Crippen LogP contribution in [0, 0.1) is 0 Å². The van der Waals surface area contributed by atoms with E-state index in [0.29, 0.717) is 23.2 Å². The normalized spacial score (nSPS) is 13.9. The van der Waals surface area contributed by atoms with Crippen LogP contribution in [-0.2, 0) is 6.42 Å². The number of H-pyrrole nitrogens is 1. The van der Waals surface area contributed by atoms with E-state index in [-0.39, 0.29) is 5.91 Å². The summed E-state index contributed by atoms with van der Waals surface area (Å²) in [5, 5.41) is 11.1. The van der Waals surface area contributed by atoms with E-state index in [1.54, 1.807) is 6.20 Å². The first-order valence-corrected chi connectivity index (χ1v) is 8.93. The summed E-state index contributed by atoms with van der Waals surface area (Å²) in [6, 6.07) is 9.55. The van der Waals surface area contributed by atoms with Crippen molar-refractivity contribution in [2.45, 2.75) is 25.2 Å². The highest BCUT2D eigenvalue weighted by atomic mass is 35.5. The van der Waals surface area contributed by atoms with Crippen LogP contribution in [0.2, 0.25) is 5.02 Å². The van der Waals surface area contributed by atoms with Crippen molar-refractivity contribution in [3.05, 3.63) is 63.4 Å². The average Bonchev–Trinajstić information content (AvgIpc) is 3.14. The number of aromatic amines is 1. The molecule has 0 aliphatic heterocycles. The monoisotopic (exact) mass is 358 g/mol. The topological polar surface area (TPSA) is 70.7 Å². The summed E-state index contributed by atoms with van der Waals surface area (Å²) in [5.41, 5.74) is 2.49. The summed E-state index contributed by atoms with van der Waals surface area (Å²) >= 11 is 7.63. The molecule has 1 aromatic carbocycles. The maximum atomic E-state index is 12.2. The Bertz CT molecular complexity index is 884. The van der Waals surface area contributed by atoms with Gasteiger partial charge in [0.05, 0.1) is 0 Å². The Labute approximate surface area is 148 Å². The number of halogens is 1. The van der Waals surface area contributed by atoms with E-state index in [0.717, 1.165) is 21.2 Å². The number of amides is 1. The quantitative estimate of drug-likeness (QED) is 0.716. The first-order chi connectivity index (χ1) is 11.7. The van der Waals surface area contributed by atoms with Crippen LogP contribution in [0.1, 0.15) is 45.4 Å². The molecule has 0 spiro atoms.